The zero-order valence-corrected chi connectivity index (χ0v) is 44.2. The molecule has 11 nitrogen and oxygen atoms in total. The van der Waals surface area contributed by atoms with E-state index in [2.05, 4.69) is 79.9 Å². The maximum Gasteiger partial charge on any atom is 0.305 e. The summed E-state index contributed by atoms with van der Waals surface area (Å²) in [5, 5.41) is 54.1. The zero-order chi connectivity index (χ0) is 51.0. The molecule has 1 fully saturated rings. The Labute approximate surface area is 426 Å². The summed E-state index contributed by atoms with van der Waals surface area (Å²) in [6, 6.07) is -0.852. The predicted octanol–water partition coefficient (Wildman–Crippen LogP) is 12.4. The fraction of sp³-hybridized carbons (Fsp3) is 0.763. The summed E-state index contributed by atoms with van der Waals surface area (Å²) in [5.41, 5.74) is 0. The maximum absolute atomic E-state index is 13.0. The molecule has 1 amide bonds. The van der Waals surface area contributed by atoms with Crippen LogP contribution >= 0.6 is 0 Å². The van der Waals surface area contributed by atoms with Crippen molar-refractivity contribution in [2.45, 2.75) is 269 Å². The average Bonchev–Trinajstić information content (AvgIpc) is 3.36. The van der Waals surface area contributed by atoms with Gasteiger partial charge >= 0.3 is 5.97 Å². The molecule has 11 heteroatoms. The number of hydrogen-bond donors (Lipinski definition) is 6. The third-order valence-electron chi connectivity index (χ3n) is 12.8. The zero-order valence-electron chi connectivity index (χ0n) is 44.2. The Balaban J connectivity index is 2.12. The Bertz CT molecular complexity index is 1390. The Hall–Kier alpha value is -2.90. The smallest absolute Gasteiger partial charge is 0.305 e. The first-order valence-corrected chi connectivity index (χ1v) is 28.2. The number of aliphatic hydroxyl groups excluding tert-OH is 5. The van der Waals surface area contributed by atoms with E-state index >= 15 is 0 Å². The molecule has 0 spiro atoms. The van der Waals surface area contributed by atoms with Crippen LogP contribution in [0.5, 0.6) is 0 Å². The van der Waals surface area contributed by atoms with Crippen molar-refractivity contribution in [3.8, 4) is 0 Å². The van der Waals surface area contributed by atoms with Crippen molar-refractivity contribution in [1.29, 1.82) is 0 Å². The number of aliphatic hydroxyl groups is 5. The number of ether oxygens (including phenoxy) is 3. The number of rotatable bonds is 47. The number of esters is 1. The van der Waals surface area contributed by atoms with Gasteiger partial charge in [-0.3, -0.25) is 9.59 Å². The molecule has 0 saturated carbocycles. The summed E-state index contributed by atoms with van der Waals surface area (Å²) in [6.07, 6.45) is 52.9. The molecule has 0 aliphatic carbocycles. The van der Waals surface area contributed by atoms with Crippen LogP contribution in [0.4, 0.5) is 0 Å². The van der Waals surface area contributed by atoms with E-state index in [0.717, 1.165) is 103 Å². The van der Waals surface area contributed by atoms with Gasteiger partial charge in [0.1, 0.15) is 24.4 Å². The molecule has 404 valence electrons. The van der Waals surface area contributed by atoms with Crippen LogP contribution in [-0.4, -0.2) is 100 Å². The average molecular weight is 986 g/mol. The Morgan fingerprint density at radius 3 is 1.57 bits per heavy atom. The van der Waals surface area contributed by atoms with Gasteiger partial charge in [0.15, 0.2) is 6.29 Å². The molecule has 6 N–H and O–H groups in total. The Kier molecular flexibility index (Phi) is 45.0. The van der Waals surface area contributed by atoms with Crippen molar-refractivity contribution in [2.75, 3.05) is 19.8 Å². The third-order valence-corrected chi connectivity index (χ3v) is 12.8. The summed E-state index contributed by atoms with van der Waals surface area (Å²) >= 11 is 0. The lowest BCUT2D eigenvalue weighted by molar-refractivity contribution is -0.302. The van der Waals surface area contributed by atoms with Gasteiger partial charge in [-0.15, -0.1) is 0 Å². The molecule has 7 unspecified atom stereocenters. The van der Waals surface area contributed by atoms with Crippen LogP contribution in [0.2, 0.25) is 0 Å². The fourth-order valence-electron chi connectivity index (χ4n) is 8.28. The highest BCUT2D eigenvalue weighted by Crippen LogP contribution is 2.23. The molecule has 0 aromatic rings. The SMILES string of the molecule is CC/C=C/CC/C=C/CC/C=C/C(O)C(COC1OC(CO)C(O)C(O)C1O)NC(=O)CCCCCCCC/C=C\C=C/CCCCCOC(=O)CCCCCCCCC/C=C\CCCCCCCC. The monoisotopic (exact) mass is 986 g/mol. The minimum Gasteiger partial charge on any atom is -0.466 e. The minimum atomic E-state index is -1.59. The lowest BCUT2D eigenvalue weighted by Gasteiger charge is -2.40. The molecule has 1 saturated heterocycles. The van der Waals surface area contributed by atoms with Gasteiger partial charge < -0.3 is 45.1 Å². The first-order chi connectivity index (χ1) is 34.2. The Morgan fingerprint density at radius 1 is 0.543 bits per heavy atom. The van der Waals surface area contributed by atoms with Crippen molar-refractivity contribution in [3.63, 3.8) is 0 Å². The lowest BCUT2D eigenvalue weighted by Crippen LogP contribution is -2.60. The molecule has 1 aliphatic heterocycles. The highest BCUT2D eigenvalue weighted by Gasteiger charge is 2.44. The van der Waals surface area contributed by atoms with Gasteiger partial charge in [-0.1, -0.05) is 177 Å². The van der Waals surface area contributed by atoms with E-state index in [9.17, 15) is 35.1 Å². The van der Waals surface area contributed by atoms with Gasteiger partial charge in [-0.25, -0.2) is 0 Å². The van der Waals surface area contributed by atoms with Crippen molar-refractivity contribution in [2.24, 2.45) is 0 Å². The largest absolute Gasteiger partial charge is 0.466 e. The molecular weight excluding hydrogens is 883 g/mol. The highest BCUT2D eigenvalue weighted by atomic mass is 16.7. The van der Waals surface area contributed by atoms with E-state index < -0.39 is 49.5 Å². The number of carbonyl (C=O) groups is 2. The van der Waals surface area contributed by atoms with Crippen LogP contribution in [0, 0.1) is 0 Å². The number of hydrogen-bond acceptors (Lipinski definition) is 10. The van der Waals surface area contributed by atoms with Gasteiger partial charge in [-0.2, -0.15) is 0 Å². The van der Waals surface area contributed by atoms with Crippen LogP contribution in [0.1, 0.15) is 226 Å². The van der Waals surface area contributed by atoms with Crippen molar-refractivity contribution in [3.05, 3.63) is 72.9 Å². The number of amides is 1. The molecule has 1 aliphatic rings. The fourth-order valence-corrected chi connectivity index (χ4v) is 8.28. The Morgan fingerprint density at radius 2 is 1.01 bits per heavy atom. The summed E-state index contributed by atoms with van der Waals surface area (Å²) < 4.78 is 16.6. The van der Waals surface area contributed by atoms with E-state index in [1.165, 1.54) is 83.5 Å². The maximum atomic E-state index is 13.0. The van der Waals surface area contributed by atoms with Gasteiger partial charge in [0.05, 0.1) is 32.0 Å². The molecule has 70 heavy (non-hydrogen) atoms. The summed E-state index contributed by atoms with van der Waals surface area (Å²) in [5.74, 6) is -0.271. The van der Waals surface area contributed by atoms with Gasteiger partial charge in [0.2, 0.25) is 5.91 Å². The number of unbranched alkanes of at least 4 members (excludes halogenated alkanes) is 24. The van der Waals surface area contributed by atoms with E-state index in [1.54, 1.807) is 6.08 Å². The summed E-state index contributed by atoms with van der Waals surface area (Å²) in [6.45, 7) is 4.10. The van der Waals surface area contributed by atoms with Gasteiger partial charge in [0, 0.05) is 12.8 Å². The minimum absolute atomic E-state index is 0.0472. The highest BCUT2D eigenvalue weighted by molar-refractivity contribution is 5.76. The quantitative estimate of drug-likeness (QED) is 0.0149. The molecule has 0 radical (unpaired) electrons. The molecule has 7 atom stereocenters. The second-order valence-electron chi connectivity index (χ2n) is 19.3. The second-order valence-corrected chi connectivity index (χ2v) is 19.3. The molecular formula is C59H103NO10. The third kappa shape index (κ3) is 37.8. The van der Waals surface area contributed by atoms with Crippen LogP contribution in [0.25, 0.3) is 0 Å². The normalized spacial score (nSPS) is 19.8. The van der Waals surface area contributed by atoms with Crippen LogP contribution < -0.4 is 5.32 Å². The van der Waals surface area contributed by atoms with E-state index in [0.29, 0.717) is 32.3 Å². The van der Waals surface area contributed by atoms with Crippen LogP contribution in [-0.2, 0) is 23.8 Å². The number of carbonyl (C=O) groups excluding carboxylic acids is 2. The lowest BCUT2D eigenvalue weighted by atomic mass is 9.99. The summed E-state index contributed by atoms with van der Waals surface area (Å²) in [4.78, 5) is 25.1. The molecule has 0 aromatic heterocycles. The standard InChI is InChI=1S/C59H103NO10/c1-3-5-7-9-11-13-15-16-17-18-21-24-27-31-35-39-43-47-55(64)68-48-44-40-36-32-28-25-22-19-20-23-26-30-34-38-42-46-54(63)60-51(50-69-59-58(67)57(66)56(65)53(49-61)70-59)52(62)45-41-37-33-29-14-12-10-8-6-4-2/h6,8,14,16-17,19,22,25,28-29,41,45,51-53,56-59,61-62,65-67H,3-5,7,9-13,15,18,20-21,23-24,26-27,30-40,42-44,46-50H2,1-2H3,(H,60,63)/b8-6+,17-16-,22-19-,28-25-,29-14+,45-41+. The molecule has 1 heterocycles. The van der Waals surface area contributed by atoms with Crippen LogP contribution in [0.3, 0.4) is 0 Å². The van der Waals surface area contributed by atoms with Crippen molar-refractivity contribution in [1.82, 2.24) is 5.32 Å². The van der Waals surface area contributed by atoms with E-state index in [-0.39, 0.29) is 18.5 Å². The molecule has 1 rings (SSSR count). The van der Waals surface area contributed by atoms with Crippen molar-refractivity contribution >= 4 is 11.9 Å². The molecule has 0 bridgehead atoms. The van der Waals surface area contributed by atoms with E-state index in [1.807, 2.05) is 6.08 Å². The van der Waals surface area contributed by atoms with Crippen molar-refractivity contribution < 1.29 is 49.3 Å². The predicted molar refractivity (Wildman–Crippen MR) is 287 cm³/mol. The first kappa shape index (κ1) is 65.1. The number of allylic oxidation sites excluding steroid dienone is 11. The number of nitrogens with one attached hydrogen (secondary N) is 1. The first-order valence-electron chi connectivity index (χ1n) is 28.2. The van der Waals surface area contributed by atoms with E-state index in [4.69, 9.17) is 14.2 Å². The van der Waals surface area contributed by atoms with Gasteiger partial charge in [0.25, 0.3) is 0 Å². The van der Waals surface area contributed by atoms with Gasteiger partial charge in [-0.05, 0) is 109 Å². The molecule has 0 aromatic carbocycles. The van der Waals surface area contributed by atoms with Crippen LogP contribution in [0.15, 0.2) is 72.9 Å². The summed E-state index contributed by atoms with van der Waals surface area (Å²) in [7, 11) is 0. The second kappa shape index (κ2) is 48.4. The topological polar surface area (TPSA) is 175 Å².